The number of halogens is 5. The minimum atomic E-state index is -4.81. The number of nitrogens with zero attached hydrogens (tertiary/aromatic N) is 1. The molecule has 1 aliphatic carbocycles. The lowest BCUT2D eigenvalue weighted by Gasteiger charge is -2.30. The number of hydrogen-bond acceptors (Lipinski definition) is 4. The van der Waals surface area contributed by atoms with E-state index in [0.29, 0.717) is 18.6 Å². The van der Waals surface area contributed by atoms with Crippen molar-refractivity contribution in [3.8, 4) is 11.5 Å². The average molecular weight is 422 g/mol. The molecule has 1 N–H and O–H groups in total. The van der Waals surface area contributed by atoms with Gasteiger partial charge in [-0.25, -0.2) is 0 Å². The van der Waals surface area contributed by atoms with Gasteiger partial charge in [0.05, 0.1) is 12.7 Å². The number of carbonyl (C=O) groups excluding carboxylic acids is 1. The molecule has 0 spiro atoms. The zero-order valence-corrected chi connectivity index (χ0v) is 15.9. The molecule has 2 atom stereocenters. The zero-order chi connectivity index (χ0) is 21.2. The number of amides is 1. The molecule has 1 aliphatic heterocycles. The van der Waals surface area contributed by atoms with Crippen molar-refractivity contribution in [1.82, 2.24) is 10.2 Å². The van der Waals surface area contributed by atoms with E-state index in [0.717, 1.165) is 45.9 Å². The minimum absolute atomic E-state index is 0.126. The Bertz CT molecular complexity index is 735. The highest BCUT2D eigenvalue weighted by Crippen LogP contribution is 2.39. The number of methoxy groups -OCH3 is 1. The van der Waals surface area contributed by atoms with Crippen molar-refractivity contribution < 1.29 is 36.2 Å². The molecule has 5 nitrogen and oxygen atoms in total. The topological polar surface area (TPSA) is 50.8 Å². The lowest BCUT2D eigenvalue weighted by Crippen LogP contribution is -2.47. The van der Waals surface area contributed by atoms with E-state index in [-0.39, 0.29) is 12.1 Å². The van der Waals surface area contributed by atoms with E-state index in [2.05, 4.69) is 15.0 Å². The molecule has 0 aromatic heterocycles. The number of rotatable bonds is 6. The third kappa shape index (κ3) is 4.91. The number of benzene rings is 1. The van der Waals surface area contributed by atoms with Gasteiger partial charge in [0.15, 0.2) is 0 Å². The summed E-state index contributed by atoms with van der Waals surface area (Å²) in [7, 11) is 1.07. The van der Waals surface area contributed by atoms with Crippen molar-refractivity contribution in [2.75, 3.05) is 20.2 Å². The van der Waals surface area contributed by atoms with Gasteiger partial charge in [0.25, 0.3) is 5.91 Å². The number of nitrogens with one attached hydrogen (secondary N) is 1. The van der Waals surface area contributed by atoms with Crippen LogP contribution < -0.4 is 14.8 Å². The second-order valence-corrected chi connectivity index (χ2v) is 7.25. The Hall–Kier alpha value is -2.10. The molecule has 0 radical (unpaired) electrons. The van der Waals surface area contributed by atoms with Gasteiger partial charge in [-0.1, -0.05) is 0 Å². The summed E-state index contributed by atoms with van der Waals surface area (Å²) in [4.78, 5) is 15.2. The Balaban J connectivity index is 1.90. The van der Waals surface area contributed by atoms with E-state index in [4.69, 9.17) is 4.74 Å². The fourth-order valence-corrected chi connectivity index (χ4v) is 4.19. The van der Waals surface area contributed by atoms with Gasteiger partial charge >= 0.3 is 12.8 Å². The lowest BCUT2D eigenvalue weighted by atomic mass is 10.1. The highest BCUT2D eigenvalue weighted by Gasteiger charge is 2.37. The summed E-state index contributed by atoms with van der Waals surface area (Å²) in [6, 6.07) is 0.920. The van der Waals surface area contributed by atoms with Gasteiger partial charge in [-0.3, -0.25) is 9.69 Å². The van der Waals surface area contributed by atoms with Crippen molar-refractivity contribution in [2.24, 2.45) is 0 Å². The van der Waals surface area contributed by atoms with Gasteiger partial charge in [0, 0.05) is 12.1 Å². The van der Waals surface area contributed by atoms with E-state index < -0.39 is 41.3 Å². The molecule has 162 valence electrons. The average Bonchev–Trinajstić information content (AvgIpc) is 3.30. The third-order valence-corrected chi connectivity index (χ3v) is 5.46. The second-order valence-electron chi connectivity index (χ2n) is 7.25. The normalized spacial score (nSPS) is 22.9. The monoisotopic (exact) mass is 422 g/mol. The van der Waals surface area contributed by atoms with Crippen LogP contribution in [0.25, 0.3) is 0 Å². The molecule has 10 heteroatoms. The summed E-state index contributed by atoms with van der Waals surface area (Å²) in [5, 5.41) is 2.80. The first-order valence-electron chi connectivity index (χ1n) is 9.49. The van der Waals surface area contributed by atoms with Crippen molar-refractivity contribution in [3.05, 3.63) is 23.3 Å². The van der Waals surface area contributed by atoms with Crippen molar-refractivity contribution in [2.45, 2.75) is 57.0 Å². The Morgan fingerprint density at radius 3 is 2.38 bits per heavy atom. The fourth-order valence-electron chi connectivity index (χ4n) is 4.19. The summed E-state index contributed by atoms with van der Waals surface area (Å²) in [5.41, 5.74) is -1.70. The third-order valence-electron chi connectivity index (χ3n) is 5.46. The van der Waals surface area contributed by atoms with Gasteiger partial charge in [0.2, 0.25) is 0 Å². The molecule has 1 aromatic rings. The van der Waals surface area contributed by atoms with Crippen LogP contribution in [-0.2, 0) is 6.18 Å². The predicted molar refractivity (Wildman–Crippen MR) is 94.3 cm³/mol. The van der Waals surface area contributed by atoms with E-state index in [1.165, 1.54) is 0 Å². The molecule has 1 saturated carbocycles. The van der Waals surface area contributed by atoms with Gasteiger partial charge in [0.1, 0.15) is 17.1 Å². The molecular formula is C19H23F5N2O3. The number of ether oxygens (including phenoxy) is 2. The highest BCUT2D eigenvalue weighted by molar-refractivity contribution is 6.00. The molecule has 1 heterocycles. The van der Waals surface area contributed by atoms with Gasteiger partial charge in [-0.2, -0.15) is 22.0 Å². The van der Waals surface area contributed by atoms with Crippen LogP contribution in [0.1, 0.15) is 48.0 Å². The highest BCUT2D eigenvalue weighted by atomic mass is 19.4. The van der Waals surface area contributed by atoms with Gasteiger partial charge < -0.3 is 14.8 Å². The van der Waals surface area contributed by atoms with Crippen LogP contribution in [0.5, 0.6) is 11.5 Å². The molecule has 0 unspecified atom stereocenters. The minimum Gasteiger partial charge on any atom is -0.496 e. The lowest BCUT2D eigenvalue weighted by molar-refractivity contribution is -0.138. The van der Waals surface area contributed by atoms with Gasteiger partial charge in [-0.15, -0.1) is 0 Å². The Kier molecular flexibility index (Phi) is 6.50. The van der Waals surface area contributed by atoms with Crippen LogP contribution in [-0.4, -0.2) is 49.7 Å². The van der Waals surface area contributed by atoms with Crippen molar-refractivity contribution >= 4 is 5.91 Å². The van der Waals surface area contributed by atoms with E-state index in [9.17, 15) is 26.7 Å². The molecule has 0 bridgehead atoms. The number of likely N-dealkylation sites (tertiary alicyclic amines) is 1. The van der Waals surface area contributed by atoms with Crippen LogP contribution in [0, 0.1) is 0 Å². The quantitative estimate of drug-likeness (QED) is 0.703. The van der Waals surface area contributed by atoms with Crippen molar-refractivity contribution in [1.29, 1.82) is 0 Å². The Morgan fingerprint density at radius 2 is 1.79 bits per heavy atom. The second kappa shape index (κ2) is 8.73. The van der Waals surface area contributed by atoms with Crippen LogP contribution >= 0.6 is 0 Å². The predicted octanol–water partition coefficient (Wildman–Crippen LogP) is 4.06. The number of alkyl halides is 5. The standard InChI is InChI=1S/C19H23F5N2O3/c1-28-14-9-11(19(22,23)24)10-15(29-18(20)21)16(14)17(27)25-12-5-4-6-13(12)26-7-2-3-8-26/h9-10,12-13,18H,2-8H2,1H3,(H,25,27)/t12-,13+/m0/s1. The summed E-state index contributed by atoms with van der Waals surface area (Å²) in [6.45, 7) is -1.53. The molecule has 1 amide bonds. The van der Waals surface area contributed by atoms with Crippen LogP contribution in [0.4, 0.5) is 22.0 Å². The Labute approximate surface area is 165 Å². The SMILES string of the molecule is COc1cc(C(F)(F)F)cc(OC(F)F)c1C(=O)N[C@H]1CCC[C@H]1N1CCCC1. The van der Waals surface area contributed by atoms with Gasteiger partial charge in [-0.05, 0) is 57.3 Å². The summed E-state index contributed by atoms with van der Waals surface area (Å²) in [6.07, 6.45) is -0.144. The first-order valence-corrected chi connectivity index (χ1v) is 9.49. The first kappa shape index (κ1) is 21.6. The molecule has 2 aliphatic rings. The molecule has 2 fully saturated rings. The summed E-state index contributed by atoms with van der Waals surface area (Å²) >= 11 is 0. The fraction of sp³-hybridized carbons (Fsp3) is 0.632. The largest absolute Gasteiger partial charge is 0.496 e. The van der Waals surface area contributed by atoms with Crippen LogP contribution in [0.3, 0.4) is 0 Å². The van der Waals surface area contributed by atoms with E-state index in [1.807, 2.05) is 0 Å². The molecule has 29 heavy (non-hydrogen) atoms. The molecular weight excluding hydrogens is 399 g/mol. The summed E-state index contributed by atoms with van der Waals surface area (Å²) in [5.74, 6) is -2.12. The smallest absolute Gasteiger partial charge is 0.416 e. The zero-order valence-electron chi connectivity index (χ0n) is 15.9. The maximum absolute atomic E-state index is 13.1. The maximum atomic E-state index is 13.1. The van der Waals surface area contributed by atoms with E-state index in [1.54, 1.807) is 0 Å². The number of hydrogen-bond donors (Lipinski definition) is 1. The first-order chi connectivity index (χ1) is 13.7. The molecule has 1 saturated heterocycles. The van der Waals surface area contributed by atoms with Crippen molar-refractivity contribution in [3.63, 3.8) is 0 Å². The van der Waals surface area contributed by atoms with Crippen LogP contribution in [0.2, 0.25) is 0 Å². The Morgan fingerprint density at radius 1 is 1.14 bits per heavy atom. The molecule has 3 rings (SSSR count). The van der Waals surface area contributed by atoms with Crippen LogP contribution in [0.15, 0.2) is 12.1 Å². The molecule has 1 aromatic carbocycles. The summed E-state index contributed by atoms with van der Waals surface area (Å²) < 4.78 is 74.1. The van der Waals surface area contributed by atoms with E-state index >= 15 is 0 Å². The number of carbonyl (C=O) groups is 1. The maximum Gasteiger partial charge on any atom is 0.416 e.